The molecule has 0 spiro atoms. The van der Waals surface area contributed by atoms with Crippen molar-refractivity contribution in [2.45, 2.75) is 38.5 Å². The number of fused-ring (bicyclic) bond motifs is 1. The molecule has 2 N–H and O–H groups in total. The van der Waals surface area contributed by atoms with Gasteiger partial charge in [0.2, 0.25) is 5.91 Å². The number of carbonyl (C=O) groups excluding carboxylic acids is 1. The maximum Gasteiger partial charge on any atom is 0.250 e. The molecule has 1 aliphatic rings. The first-order chi connectivity index (χ1) is 10.1. The van der Waals surface area contributed by atoms with Crippen molar-refractivity contribution in [3.05, 3.63) is 56.5 Å². The lowest BCUT2D eigenvalue weighted by atomic mass is 9.93. The normalized spacial score (nSPS) is 14.0. The molecular weight excluding hydrogens is 285 g/mol. The van der Waals surface area contributed by atoms with E-state index in [1.807, 2.05) is 0 Å². The minimum atomic E-state index is -0.302. The summed E-state index contributed by atoms with van der Waals surface area (Å²) in [6.45, 7) is 0. The van der Waals surface area contributed by atoms with Gasteiger partial charge in [-0.15, -0.1) is 11.3 Å². The van der Waals surface area contributed by atoms with Gasteiger partial charge in [0.25, 0.3) is 0 Å². The van der Waals surface area contributed by atoms with Gasteiger partial charge in [0, 0.05) is 9.75 Å². The molecule has 1 amide bonds. The topological polar surface area (TPSA) is 43.1 Å². The Bertz CT molecular complexity index is 660. The number of thiophene rings is 1. The van der Waals surface area contributed by atoms with Crippen molar-refractivity contribution < 1.29 is 9.18 Å². The Labute approximate surface area is 127 Å². The molecule has 1 aromatic carbocycles. The van der Waals surface area contributed by atoms with E-state index in [0.717, 1.165) is 48.1 Å². The molecule has 0 unspecified atom stereocenters. The zero-order chi connectivity index (χ0) is 14.8. The molecule has 0 fully saturated rings. The third-order valence-corrected chi connectivity index (χ3v) is 5.40. The molecule has 0 bridgehead atoms. The molecule has 0 aliphatic heterocycles. The van der Waals surface area contributed by atoms with Crippen molar-refractivity contribution in [1.82, 2.24) is 0 Å². The fraction of sp³-hybridized carbons (Fsp3) is 0.353. The first kappa shape index (κ1) is 14.3. The fourth-order valence-electron chi connectivity index (χ4n) is 2.99. The summed E-state index contributed by atoms with van der Waals surface area (Å²) in [5, 5.41) is 0. The van der Waals surface area contributed by atoms with Crippen molar-refractivity contribution in [1.29, 1.82) is 0 Å². The lowest BCUT2D eigenvalue weighted by molar-refractivity contribution is 0.0999. The van der Waals surface area contributed by atoms with Crippen LogP contribution in [0.4, 0.5) is 4.39 Å². The summed E-state index contributed by atoms with van der Waals surface area (Å²) in [5.74, 6) is -0.522. The fourth-order valence-corrected chi connectivity index (χ4v) is 4.39. The standard InChI is InChI=1S/C17H18FNOS/c18-12-8-5-11(6-9-12)7-10-15-16(17(19)20)13-3-1-2-4-14(13)21-15/h5-6,8-9H,1-4,7,10H2,(H2,19,20). The van der Waals surface area contributed by atoms with E-state index in [1.165, 1.54) is 29.0 Å². The minimum Gasteiger partial charge on any atom is -0.366 e. The highest BCUT2D eigenvalue weighted by Gasteiger charge is 2.23. The van der Waals surface area contributed by atoms with Crippen molar-refractivity contribution >= 4 is 17.2 Å². The van der Waals surface area contributed by atoms with Gasteiger partial charge in [-0.2, -0.15) is 0 Å². The second-order valence-electron chi connectivity index (χ2n) is 5.50. The Morgan fingerprint density at radius 2 is 1.86 bits per heavy atom. The van der Waals surface area contributed by atoms with E-state index in [4.69, 9.17) is 5.73 Å². The second kappa shape index (κ2) is 5.98. The molecule has 0 atom stereocenters. The van der Waals surface area contributed by atoms with Gasteiger partial charge in [-0.05, 0) is 61.8 Å². The van der Waals surface area contributed by atoms with Gasteiger partial charge in [-0.1, -0.05) is 12.1 Å². The first-order valence-electron chi connectivity index (χ1n) is 7.33. The Morgan fingerprint density at radius 3 is 2.57 bits per heavy atom. The molecule has 0 saturated heterocycles. The van der Waals surface area contributed by atoms with Crippen LogP contribution in [-0.4, -0.2) is 5.91 Å². The molecule has 110 valence electrons. The highest BCUT2D eigenvalue weighted by molar-refractivity contribution is 7.12. The van der Waals surface area contributed by atoms with Crippen LogP contribution in [0.25, 0.3) is 0 Å². The summed E-state index contributed by atoms with van der Waals surface area (Å²) < 4.78 is 12.9. The van der Waals surface area contributed by atoms with Crippen LogP contribution in [0.2, 0.25) is 0 Å². The quantitative estimate of drug-likeness (QED) is 0.920. The second-order valence-corrected chi connectivity index (χ2v) is 6.69. The molecule has 21 heavy (non-hydrogen) atoms. The monoisotopic (exact) mass is 303 g/mol. The van der Waals surface area contributed by atoms with Gasteiger partial charge < -0.3 is 5.73 Å². The average Bonchev–Trinajstić information content (AvgIpc) is 2.85. The molecule has 3 rings (SSSR count). The SMILES string of the molecule is NC(=O)c1c(CCc2ccc(F)cc2)sc2c1CCCC2. The molecule has 0 radical (unpaired) electrons. The number of carbonyl (C=O) groups is 1. The van der Waals surface area contributed by atoms with E-state index in [1.54, 1.807) is 23.5 Å². The molecule has 1 aromatic heterocycles. The summed E-state index contributed by atoms with van der Waals surface area (Å²) in [4.78, 5) is 14.2. The molecule has 0 saturated carbocycles. The summed E-state index contributed by atoms with van der Waals surface area (Å²) in [6, 6.07) is 6.55. The van der Waals surface area contributed by atoms with Crippen LogP contribution in [0.1, 0.15) is 44.1 Å². The highest BCUT2D eigenvalue weighted by atomic mass is 32.1. The van der Waals surface area contributed by atoms with Crippen LogP contribution in [0.5, 0.6) is 0 Å². The summed E-state index contributed by atoms with van der Waals surface area (Å²) >= 11 is 1.74. The van der Waals surface area contributed by atoms with Crippen molar-refractivity contribution in [2.75, 3.05) is 0 Å². The highest BCUT2D eigenvalue weighted by Crippen LogP contribution is 2.35. The Hall–Kier alpha value is -1.68. The summed E-state index contributed by atoms with van der Waals surface area (Å²) in [6.07, 6.45) is 5.98. The number of amides is 1. The van der Waals surface area contributed by atoms with E-state index < -0.39 is 0 Å². The van der Waals surface area contributed by atoms with Crippen LogP contribution >= 0.6 is 11.3 Å². The summed E-state index contributed by atoms with van der Waals surface area (Å²) in [5.41, 5.74) is 8.62. The first-order valence-corrected chi connectivity index (χ1v) is 8.14. The molecule has 1 heterocycles. The molecule has 4 heteroatoms. The number of halogens is 1. The third kappa shape index (κ3) is 3.00. The maximum atomic E-state index is 12.9. The minimum absolute atomic E-state index is 0.219. The van der Waals surface area contributed by atoms with Crippen LogP contribution < -0.4 is 5.73 Å². The smallest absolute Gasteiger partial charge is 0.250 e. The lowest BCUT2D eigenvalue weighted by Crippen LogP contribution is -2.16. The molecule has 2 aromatic rings. The third-order valence-electron chi connectivity index (χ3n) is 4.04. The van der Waals surface area contributed by atoms with Crippen LogP contribution in [0, 0.1) is 5.82 Å². The number of hydrogen-bond donors (Lipinski definition) is 1. The summed E-state index contributed by atoms with van der Waals surface area (Å²) in [7, 11) is 0. The number of aryl methyl sites for hydroxylation is 3. The number of benzene rings is 1. The van der Waals surface area contributed by atoms with Gasteiger partial charge in [0.1, 0.15) is 5.82 Å². The van der Waals surface area contributed by atoms with E-state index >= 15 is 0 Å². The number of hydrogen-bond acceptors (Lipinski definition) is 2. The van der Waals surface area contributed by atoms with Gasteiger partial charge >= 0.3 is 0 Å². The molecular formula is C17H18FNOS. The van der Waals surface area contributed by atoms with Crippen molar-refractivity contribution in [3.63, 3.8) is 0 Å². The van der Waals surface area contributed by atoms with Crippen LogP contribution in [0.15, 0.2) is 24.3 Å². The largest absolute Gasteiger partial charge is 0.366 e. The average molecular weight is 303 g/mol. The van der Waals surface area contributed by atoms with Gasteiger partial charge in [-0.25, -0.2) is 4.39 Å². The van der Waals surface area contributed by atoms with E-state index in [9.17, 15) is 9.18 Å². The number of rotatable bonds is 4. The maximum absolute atomic E-state index is 12.9. The van der Waals surface area contributed by atoms with Gasteiger partial charge in [0.05, 0.1) is 5.56 Å². The number of nitrogens with two attached hydrogens (primary N) is 1. The zero-order valence-corrected chi connectivity index (χ0v) is 12.6. The van der Waals surface area contributed by atoms with Gasteiger partial charge in [-0.3, -0.25) is 4.79 Å². The lowest BCUT2D eigenvalue weighted by Gasteiger charge is -2.11. The van der Waals surface area contributed by atoms with Gasteiger partial charge in [0.15, 0.2) is 0 Å². The predicted octanol–water partition coefficient (Wildman–Crippen LogP) is 3.65. The van der Waals surface area contributed by atoms with Crippen molar-refractivity contribution in [3.8, 4) is 0 Å². The van der Waals surface area contributed by atoms with Crippen LogP contribution in [-0.2, 0) is 25.7 Å². The Kier molecular flexibility index (Phi) is 4.06. The van der Waals surface area contributed by atoms with Crippen LogP contribution in [0.3, 0.4) is 0 Å². The van der Waals surface area contributed by atoms with Crippen molar-refractivity contribution in [2.24, 2.45) is 5.73 Å². The molecule has 1 aliphatic carbocycles. The van der Waals surface area contributed by atoms with E-state index in [-0.39, 0.29) is 11.7 Å². The van der Waals surface area contributed by atoms with E-state index in [2.05, 4.69) is 0 Å². The Morgan fingerprint density at radius 1 is 1.14 bits per heavy atom. The zero-order valence-electron chi connectivity index (χ0n) is 11.8. The molecule has 2 nitrogen and oxygen atoms in total. The predicted molar refractivity (Wildman–Crippen MR) is 83.3 cm³/mol. The number of primary amides is 1. The van der Waals surface area contributed by atoms with E-state index in [0.29, 0.717) is 0 Å². The Balaban J connectivity index is 1.83.